The van der Waals surface area contributed by atoms with Gasteiger partial charge in [-0.25, -0.2) is 9.97 Å². The third-order valence-corrected chi connectivity index (χ3v) is 3.91. The van der Waals surface area contributed by atoms with Crippen LogP contribution in [0.25, 0.3) is 0 Å². The number of nitrogens with one attached hydrogen (secondary N) is 1. The molecule has 1 aromatic heterocycles. The standard InChI is InChI=1S/C15H11F6N3O2S/c1-8(27-13-22-7-6-11(24-13)14(16,17)18)12(25)23-9-2-4-10(5-3-9)26-15(19,20)21/h2-8H,1H3,(H,23,25). The summed E-state index contributed by atoms with van der Waals surface area (Å²) in [6, 6.07) is 5.11. The lowest BCUT2D eigenvalue weighted by Crippen LogP contribution is -2.23. The molecule has 1 N–H and O–H groups in total. The molecule has 0 radical (unpaired) electrons. The second-order valence-electron chi connectivity index (χ2n) is 5.04. The lowest BCUT2D eigenvalue weighted by molar-refractivity contribution is -0.274. The maximum absolute atomic E-state index is 12.6. The third-order valence-electron chi connectivity index (χ3n) is 2.93. The van der Waals surface area contributed by atoms with Gasteiger partial charge in [-0.3, -0.25) is 4.79 Å². The van der Waals surface area contributed by atoms with E-state index in [9.17, 15) is 31.1 Å². The zero-order chi connectivity index (χ0) is 20.2. The number of anilines is 1. The first-order valence-corrected chi connectivity index (χ1v) is 8.05. The Morgan fingerprint density at radius 3 is 2.30 bits per heavy atom. The number of ether oxygens (including phenoxy) is 1. The molecule has 0 aliphatic rings. The monoisotopic (exact) mass is 411 g/mol. The van der Waals surface area contributed by atoms with Crippen LogP contribution in [0.1, 0.15) is 12.6 Å². The molecule has 0 spiro atoms. The largest absolute Gasteiger partial charge is 0.573 e. The fourth-order valence-electron chi connectivity index (χ4n) is 1.75. The minimum absolute atomic E-state index is 0.187. The van der Waals surface area contributed by atoms with E-state index in [1.807, 2.05) is 0 Å². The van der Waals surface area contributed by atoms with Crippen LogP contribution in [0.4, 0.5) is 32.0 Å². The molecule has 27 heavy (non-hydrogen) atoms. The summed E-state index contributed by atoms with van der Waals surface area (Å²) < 4.78 is 77.9. The molecule has 1 atom stereocenters. The highest BCUT2D eigenvalue weighted by atomic mass is 32.2. The van der Waals surface area contributed by atoms with Crippen LogP contribution in [0.2, 0.25) is 0 Å². The number of aromatic nitrogens is 2. The maximum Gasteiger partial charge on any atom is 0.573 e. The molecule has 1 aromatic carbocycles. The first kappa shape index (κ1) is 20.8. The number of hydrogen-bond donors (Lipinski definition) is 1. The predicted molar refractivity (Wildman–Crippen MR) is 84.1 cm³/mol. The molecule has 1 heterocycles. The number of hydrogen-bond acceptors (Lipinski definition) is 5. The van der Waals surface area contributed by atoms with Crippen molar-refractivity contribution in [1.29, 1.82) is 0 Å². The second kappa shape index (κ2) is 8.03. The van der Waals surface area contributed by atoms with Crippen molar-refractivity contribution in [2.45, 2.75) is 29.9 Å². The molecule has 0 aliphatic heterocycles. The summed E-state index contributed by atoms with van der Waals surface area (Å²) in [5.74, 6) is -1.05. The molecular formula is C15H11F6N3O2S. The predicted octanol–water partition coefficient (Wildman–Crippen LogP) is 4.51. The number of alkyl halides is 6. The number of carbonyl (C=O) groups excluding carboxylic acids is 1. The fourth-order valence-corrected chi connectivity index (χ4v) is 2.51. The number of rotatable bonds is 5. The van der Waals surface area contributed by atoms with Crippen LogP contribution in [-0.2, 0) is 11.0 Å². The van der Waals surface area contributed by atoms with Crippen molar-refractivity contribution in [2.75, 3.05) is 5.32 Å². The Morgan fingerprint density at radius 2 is 1.74 bits per heavy atom. The zero-order valence-electron chi connectivity index (χ0n) is 13.4. The Hall–Kier alpha value is -2.50. The quantitative estimate of drug-likeness (QED) is 0.446. The van der Waals surface area contributed by atoms with Crippen molar-refractivity contribution in [3.05, 3.63) is 42.2 Å². The van der Waals surface area contributed by atoms with Crippen molar-refractivity contribution in [3.8, 4) is 5.75 Å². The first-order chi connectivity index (χ1) is 12.4. The lowest BCUT2D eigenvalue weighted by atomic mass is 10.3. The van der Waals surface area contributed by atoms with Gasteiger partial charge in [-0.15, -0.1) is 13.2 Å². The van der Waals surface area contributed by atoms with Crippen LogP contribution in [-0.4, -0.2) is 27.5 Å². The Bertz CT molecular complexity index is 795. The van der Waals surface area contributed by atoms with E-state index in [-0.39, 0.29) is 10.8 Å². The Morgan fingerprint density at radius 1 is 1.11 bits per heavy atom. The molecule has 1 unspecified atom stereocenters. The first-order valence-electron chi connectivity index (χ1n) is 7.17. The molecule has 146 valence electrons. The van der Waals surface area contributed by atoms with E-state index < -0.39 is 35.1 Å². The topological polar surface area (TPSA) is 64.1 Å². The molecule has 1 amide bonds. The van der Waals surface area contributed by atoms with Gasteiger partial charge in [0.15, 0.2) is 5.16 Å². The molecule has 0 bridgehead atoms. The Kier molecular flexibility index (Phi) is 6.19. The average molecular weight is 411 g/mol. The molecule has 5 nitrogen and oxygen atoms in total. The van der Waals surface area contributed by atoms with Crippen LogP contribution in [0.3, 0.4) is 0 Å². The summed E-state index contributed by atoms with van der Waals surface area (Å²) in [6.07, 6.45) is -8.53. The SMILES string of the molecule is CC(Sc1nccc(C(F)(F)F)n1)C(=O)Nc1ccc(OC(F)(F)F)cc1. The van der Waals surface area contributed by atoms with Gasteiger partial charge in [0.1, 0.15) is 11.4 Å². The summed E-state index contributed by atoms with van der Waals surface area (Å²) in [7, 11) is 0. The summed E-state index contributed by atoms with van der Waals surface area (Å²) in [5, 5.41) is 1.33. The molecular weight excluding hydrogens is 400 g/mol. The van der Waals surface area contributed by atoms with Crippen molar-refractivity contribution >= 4 is 23.4 Å². The second-order valence-corrected chi connectivity index (χ2v) is 6.35. The van der Waals surface area contributed by atoms with Crippen LogP contribution in [0.15, 0.2) is 41.7 Å². The average Bonchev–Trinajstić information content (AvgIpc) is 2.54. The Labute approximate surface area is 153 Å². The fraction of sp³-hybridized carbons (Fsp3) is 0.267. The van der Waals surface area contributed by atoms with Crippen LogP contribution >= 0.6 is 11.8 Å². The van der Waals surface area contributed by atoms with Gasteiger partial charge in [-0.2, -0.15) is 13.2 Å². The van der Waals surface area contributed by atoms with E-state index in [2.05, 4.69) is 20.0 Å². The molecule has 2 rings (SSSR count). The van der Waals surface area contributed by atoms with E-state index in [0.29, 0.717) is 17.8 Å². The molecule has 12 heteroatoms. The van der Waals surface area contributed by atoms with E-state index in [1.54, 1.807) is 0 Å². The smallest absolute Gasteiger partial charge is 0.406 e. The summed E-state index contributed by atoms with van der Waals surface area (Å²) >= 11 is 0.705. The van der Waals surface area contributed by atoms with Crippen LogP contribution in [0, 0.1) is 0 Å². The Balaban J connectivity index is 1.98. The zero-order valence-corrected chi connectivity index (χ0v) is 14.2. The van der Waals surface area contributed by atoms with Crippen molar-refractivity contribution in [1.82, 2.24) is 9.97 Å². The summed E-state index contributed by atoms with van der Waals surface area (Å²) in [5.41, 5.74) is -0.945. The van der Waals surface area contributed by atoms with E-state index in [1.165, 1.54) is 19.1 Å². The van der Waals surface area contributed by atoms with E-state index >= 15 is 0 Å². The lowest BCUT2D eigenvalue weighted by Gasteiger charge is -2.13. The maximum atomic E-state index is 12.6. The third kappa shape index (κ3) is 6.62. The number of benzene rings is 1. The number of amides is 1. The van der Waals surface area contributed by atoms with Crippen molar-refractivity contribution in [2.24, 2.45) is 0 Å². The highest BCUT2D eigenvalue weighted by molar-refractivity contribution is 8.00. The van der Waals surface area contributed by atoms with Gasteiger partial charge in [-0.1, -0.05) is 11.8 Å². The normalized spacial score (nSPS) is 13.1. The van der Waals surface area contributed by atoms with Gasteiger partial charge in [0, 0.05) is 11.9 Å². The van der Waals surface area contributed by atoms with Gasteiger partial charge >= 0.3 is 12.5 Å². The van der Waals surface area contributed by atoms with Gasteiger partial charge in [0.05, 0.1) is 5.25 Å². The van der Waals surface area contributed by atoms with Gasteiger partial charge in [0.25, 0.3) is 0 Å². The van der Waals surface area contributed by atoms with Crippen LogP contribution in [0.5, 0.6) is 5.75 Å². The number of carbonyl (C=O) groups is 1. The molecule has 2 aromatic rings. The summed E-state index contributed by atoms with van der Waals surface area (Å²) in [6.45, 7) is 1.42. The van der Waals surface area contributed by atoms with Gasteiger partial charge < -0.3 is 10.1 Å². The highest BCUT2D eigenvalue weighted by Gasteiger charge is 2.33. The molecule has 0 saturated heterocycles. The van der Waals surface area contributed by atoms with Crippen molar-refractivity contribution in [3.63, 3.8) is 0 Å². The molecule has 0 fully saturated rings. The number of nitrogens with zero attached hydrogens (tertiary/aromatic N) is 2. The van der Waals surface area contributed by atoms with Gasteiger partial charge in [-0.05, 0) is 37.3 Å². The van der Waals surface area contributed by atoms with Crippen LogP contribution < -0.4 is 10.1 Å². The number of thioether (sulfide) groups is 1. The summed E-state index contributed by atoms with van der Waals surface area (Å²) in [4.78, 5) is 19.1. The number of halogens is 6. The van der Waals surface area contributed by atoms with Gasteiger partial charge in [0.2, 0.25) is 5.91 Å². The highest BCUT2D eigenvalue weighted by Crippen LogP contribution is 2.29. The van der Waals surface area contributed by atoms with E-state index in [4.69, 9.17) is 0 Å². The minimum Gasteiger partial charge on any atom is -0.406 e. The molecule has 0 saturated carbocycles. The minimum atomic E-state index is -4.83. The van der Waals surface area contributed by atoms with E-state index in [0.717, 1.165) is 18.3 Å². The molecule has 0 aliphatic carbocycles. The van der Waals surface area contributed by atoms with Crippen molar-refractivity contribution < 1.29 is 35.9 Å².